The molecule has 31 heavy (non-hydrogen) atoms. The van der Waals surface area contributed by atoms with Crippen LogP contribution in [0.2, 0.25) is 0 Å². The summed E-state index contributed by atoms with van der Waals surface area (Å²) in [7, 11) is -3.56. The molecule has 6 nitrogen and oxygen atoms in total. The van der Waals surface area contributed by atoms with Crippen molar-refractivity contribution in [2.45, 2.75) is 75.6 Å². The predicted octanol–water partition coefficient (Wildman–Crippen LogP) is 3.54. The zero-order chi connectivity index (χ0) is 22.0. The van der Waals surface area contributed by atoms with Crippen molar-refractivity contribution in [3.63, 3.8) is 0 Å². The molecule has 7 heteroatoms. The third-order valence-electron chi connectivity index (χ3n) is 6.54. The van der Waals surface area contributed by atoms with Crippen LogP contribution in [0.25, 0.3) is 0 Å². The van der Waals surface area contributed by atoms with Crippen molar-refractivity contribution in [3.05, 3.63) is 35.4 Å². The monoisotopic (exact) mass is 444 g/mol. The lowest BCUT2D eigenvalue weighted by molar-refractivity contribution is -0.121. The van der Waals surface area contributed by atoms with E-state index in [0.29, 0.717) is 13.0 Å². The molecule has 168 valence electrons. The van der Waals surface area contributed by atoms with Gasteiger partial charge >= 0.3 is 0 Å². The van der Waals surface area contributed by atoms with Gasteiger partial charge < -0.3 is 10.2 Å². The van der Waals surface area contributed by atoms with Crippen LogP contribution >= 0.6 is 0 Å². The largest absolute Gasteiger partial charge is 0.356 e. The molecule has 0 spiro atoms. The van der Waals surface area contributed by atoms with Crippen LogP contribution < -0.4 is 10.2 Å². The second-order valence-corrected chi connectivity index (χ2v) is 11.2. The molecule has 0 unspecified atom stereocenters. The van der Waals surface area contributed by atoms with Crippen LogP contribution in [0.15, 0.2) is 34.7 Å². The minimum absolute atomic E-state index is 0.0405. The Labute approximate surface area is 185 Å². The number of sulfone groups is 1. The fourth-order valence-corrected chi connectivity index (χ4v) is 5.88. The molecular weight excluding hydrogens is 412 g/mol. The van der Waals surface area contributed by atoms with Crippen LogP contribution in [0.4, 0.5) is 5.69 Å². The van der Waals surface area contributed by atoms with Crippen molar-refractivity contribution >= 4 is 27.3 Å². The molecule has 4 rings (SSSR count). The first kappa shape index (κ1) is 22.1. The van der Waals surface area contributed by atoms with Crippen molar-refractivity contribution in [3.8, 4) is 0 Å². The number of carbonyl (C=O) groups is 2. The van der Waals surface area contributed by atoms with Crippen LogP contribution in [-0.2, 0) is 25.8 Å². The highest BCUT2D eigenvalue weighted by atomic mass is 32.2. The molecule has 2 amide bonds. The van der Waals surface area contributed by atoms with Crippen molar-refractivity contribution in [2.75, 3.05) is 17.2 Å². The highest BCUT2D eigenvalue weighted by molar-refractivity contribution is 7.91. The van der Waals surface area contributed by atoms with Crippen molar-refractivity contribution in [1.82, 2.24) is 5.32 Å². The average Bonchev–Trinajstić information content (AvgIpc) is 3.54. The number of carbonyl (C=O) groups excluding carboxylic acids is 2. The summed E-state index contributed by atoms with van der Waals surface area (Å²) < 4.78 is 25.6. The van der Waals surface area contributed by atoms with Gasteiger partial charge in [-0.05, 0) is 82.1 Å². The Morgan fingerprint density at radius 1 is 1.19 bits per heavy atom. The lowest BCUT2D eigenvalue weighted by atomic mass is 9.97. The van der Waals surface area contributed by atoms with Crippen LogP contribution in [-0.4, -0.2) is 38.6 Å². The first-order valence-electron chi connectivity index (χ1n) is 11.5. The third kappa shape index (κ3) is 5.20. The molecule has 1 fully saturated rings. The van der Waals surface area contributed by atoms with Gasteiger partial charge in [0.15, 0.2) is 9.84 Å². The molecule has 1 N–H and O–H groups in total. The third-order valence-corrected chi connectivity index (χ3v) is 8.25. The van der Waals surface area contributed by atoms with Crippen LogP contribution in [0.1, 0.15) is 63.9 Å². The summed E-state index contributed by atoms with van der Waals surface area (Å²) in [4.78, 5) is 26.8. The highest BCUT2D eigenvalue weighted by Crippen LogP contribution is 2.39. The molecule has 1 aromatic carbocycles. The number of nitrogens with zero attached hydrogens (tertiary/aromatic N) is 1. The maximum Gasteiger partial charge on any atom is 0.230 e. The van der Waals surface area contributed by atoms with Crippen LogP contribution in [0.5, 0.6) is 0 Å². The average molecular weight is 445 g/mol. The van der Waals surface area contributed by atoms with E-state index >= 15 is 0 Å². The number of rotatable bonds is 8. The molecule has 0 radical (unpaired) electrons. The zero-order valence-electron chi connectivity index (χ0n) is 18.2. The van der Waals surface area contributed by atoms with Gasteiger partial charge in [-0.1, -0.05) is 11.6 Å². The lowest BCUT2D eigenvalue weighted by Gasteiger charge is -2.22. The SMILES string of the molecule is C[C@@H]1Cc2cc(S(=O)(=O)CCC(=O)NCCC3=CCCCC3)ccc2N1C(=O)C1CC1. The van der Waals surface area contributed by atoms with E-state index in [2.05, 4.69) is 11.4 Å². The van der Waals surface area contributed by atoms with Crippen LogP contribution in [0.3, 0.4) is 0 Å². The molecule has 1 aliphatic heterocycles. The summed E-state index contributed by atoms with van der Waals surface area (Å²) in [5.41, 5.74) is 3.12. The quantitative estimate of drug-likeness (QED) is 0.622. The number of anilines is 1. The maximum absolute atomic E-state index is 12.8. The number of hydrogen-bond donors (Lipinski definition) is 1. The van der Waals surface area contributed by atoms with Crippen molar-refractivity contribution in [2.24, 2.45) is 5.92 Å². The molecule has 1 saturated carbocycles. The minimum atomic E-state index is -3.56. The number of benzene rings is 1. The van der Waals surface area contributed by atoms with Gasteiger partial charge in [0.2, 0.25) is 11.8 Å². The normalized spacial score (nSPS) is 20.9. The predicted molar refractivity (Wildman–Crippen MR) is 121 cm³/mol. The summed E-state index contributed by atoms with van der Waals surface area (Å²) in [6.07, 6.45) is 10.3. The van der Waals surface area contributed by atoms with Gasteiger partial charge in [-0.25, -0.2) is 8.42 Å². The maximum atomic E-state index is 12.8. The fraction of sp³-hybridized carbons (Fsp3) is 0.583. The molecule has 2 aliphatic carbocycles. The van der Waals surface area contributed by atoms with Gasteiger partial charge in [0, 0.05) is 30.6 Å². The Balaban J connectivity index is 1.32. The number of amides is 2. The Hall–Kier alpha value is -2.15. The van der Waals surface area contributed by atoms with Gasteiger partial charge in [-0.3, -0.25) is 9.59 Å². The summed E-state index contributed by atoms with van der Waals surface area (Å²) in [5.74, 6) is -0.149. The first-order chi connectivity index (χ1) is 14.8. The summed E-state index contributed by atoms with van der Waals surface area (Å²) in [6.45, 7) is 2.56. The van der Waals surface area contributed by atoms with E-state index in [-0.39, 0.29) is 40.8 Å². The second-order valence-electron chi connectivity index (χ2n) is 9.10. The van der Waals surface area contributed by atoms with Crippen LogP contribution in [0, 0.1) is 5.92 Å². The van der Waals surface area contributed by atoms with Gasteiger partial charge in [0.25, 0.3) is 0 Å². The van der Waals surface area contributed by atoms with E-state index < -0.39 is 9.84 Å². The molecule has 0 saturated heterocycles. The Morgan fingerprint density at radius 3 is 2.71 bits per heavy atom. The number of fused-ring (bicyclic) bond motifs is 1. The topological polar surface area (TPSA) is 83.6 Å². The molecule has 1 heterocycles. The van der Waals surface area contributed by atoms with Gasteiger partial charge in [0.1, 0.15) is 0 Å². The lowest BCUT2D eigenvalue weighted by Crippen LogP contribution is -2.36. The molecule has 1 aromatic rings. The fourth-order valence-electron chi connectivity index (χ4n) is 4.59. The Bertz CT molecular complexity index is 995. The van der Waals surface area contributed by atoms with E-state index in [9.17, 15) is 18.0 Å². The van der Waals surface area contributed by atoms with Crippen molar-refractivity contribution in [1.29, 1.82) is 0 Å². The summed E-state index contributed by atoms with van der Waals surface area (Å²) in [6, 6.07) is 5.07. The summed E-state index contributed by atoms with van der Waals surface area (Å²) >= 11 is 0. The van der Waals surface area contributed by atoms with Gasteiger partial charge in [0.05, 0.1) is 10.6 Å². The van der Waals surface area contributed by atoms with E-state index in [1.54, 1.807) is 18.2 Å². The van der Waals surface area contributed by atoms with E-state index in [1.807, 2.05) is 11.8 Å². The Morgan fingerprint density at radius 2 is 2.00 bits per heavy atom. The van der Waals surface area contributed by atoms with E-state index in [0.717, 1.165) is 43.4 Å². The molecule has 3 aliphatic rings. The second kappa shape index (κ2) is 9.15. The zero-order valence-corrected chi connectivity index (χ0v) is 19.0. The standard InChI is InChI=1S/C24H32N2O4S/c1-17-15-20-16-21(9-10-22(20)26(17)24(28)19-7-8-19)31(29,30)14-12-23(27)25-13-11-18-5-3-2-4-6-18/h5,9-10,16-17,19H,2-4,6-8,11-15H2,1H3,(H,25,27)/t17-/m1/s1. The van der Waals surface area contributed by atoms with Gasteiger partial charge in [-0.15, -0.1) is 0 Å². The number of allylic oxidation sites excluding steroid dienone is 1. The molecular formula is C24H32N2O4S. The van der Waals surface area contributed by atoms with E-state index in [4.69, 9.17) is 0 Å². The highest BCUT2D eigenvalue weighted by Gasteiger charge is 2.39. The number of nitrogens with one attached hydrogen (secondary N) is 1. The molecule has 1 atom stereocenters. The van der Waals surface area contributed by atoms with Crippen molar-refractivity contribution < 1.29 is 18.0 Å². The number of hydrogen-bond acceptors (Lipinski definition) is 4. The summed E-state index contributed by atoms with van der Waals surface area (Å²) in [5, 5.41) is 2.85. The molecule has 0 aromatic heterocycles. The smallest absolute Gasteiger partial charge is 0.230 e. The van der Waals surface area contributed by atoms with E-state index in [1.165, 1.54) is 18.4 Å². The van der Waals surface area contributed by atoms with Gasteiger partial charge in [-0.2, -0.15) is 0 Å². The first-order valence-corrected chi connectivity index (χ1v) is 13.1. The molecule has 0 bridgehead atoms. The Kier molecular flexibility index (Phi) is 6.51. The minimum Gasteiger partial charge on any atom is -0.356 e.